The molecule has 108 valence electrons. The van der Waals surface area contributed by atoms with Crippen molar-refractivity contribution in [1.82, 2.24) is 14.8 Å². The second kappa shape index (κ2) is 5.27. The zero-order chi connectivity index (χ0) is 15.1. The monoisotopic (exact) mass is 358 g/mol. The first kappa shape index (κ1) is 15.1. The SMILES string of the molecule is Cc1cccc(-c2nnc(S(N)(=O)=O)n2C(C)C)c1Br. The predicted molar refractivity (Wildman–Crippen MR) is 79.7 cm³/mol. The number of sulfonamides is 1. The fourth-order valence-electron chi connectivity index (χ4n) is 1.94. The molecule has 0 atom stereocenters. The smallest absolute Gasteiger partial charge is 0.273 e. The second-order valence-electron chi connectivity index (χ2n) is 4.75. The molecule has 2 N–H and O–H groups in total. The van der Waals surface area contributed by atoms with Gasteiger partial charge < -0.3 is 0 Å². The van der Waals surface area contributed by atoms with Gasteiger partial charge in [-0.15, -0.1) is 10.2 Å². The number of aryl methyl sites for hydroxylation is 1. The van der Waals surface area contributed by atoms with E-state index >= 15 is 0 Å². The molecule has 0 radical (unpaired) electrons. The maximum absolute atomic E-state index is 11.6. The van der Waals surface area contributed by atoms with Gasteiger partial charge in [0.15, 0.2) is 5.82 Å². The molecule has 0 spiro atoms. The summed E-state index contributed by atoms with van der Waals surface area (Å²) in [5, 5.41) is 12.7. The highest BCUT2D eigenvalue weighted by Gasteiger charge is 2.24. The molecule has 0 saturated heterocycles. The summed E-state index contributed by atoms with van der Waals surface area (Å²) in [6.07, 6.45) is 0. The van der Waals surface area contributed by atoms with Crippen LogP contribution < -0.4 is 5.14 Å². The molecule has 0 saturated carbocycles. The summed E-state index contributed by atoms with van der Waals surface area (Å²) in [5.41, 5.74) is 1.80. The van der Waals surface area contributed by atoms with E-state index in [0.717, 1.165) is 15.6 Å². The third kappa shape index (κ3) is 2.63. The lowest BCUT2D eigenvalue weighted by Crippen LogP contribution is -2.20. The van der Waals surface area contributed by atoms with Crippen molar-refractivity contribution in [2.75, 3.05) is 0 Å². The lowest BCUT2D eigenvalue weighted by molar-refractivity contribution is 0.524. The van der Waals surface area contributed by atoms with Crippen LogP contribution in [0.5, 0.6) is 0 Å². The number of nitrogens with zero attached hydrogens (tertiary/aromatic N) is 3. The Hall–Kier alpha value is -1.25. The standard InChI is InChI=1S/C12H15BrN4O2S/c1-7(2)17-11(15-16-12(17)20(14,18)19)9-6-4-5-8(3)10(9)13/h4-7H,1-3H3,(H2,14,18,19). The third-order valence-electron chi connectivity index (χ3n) is 2.87. The van der Waals surface area contributed by atoms with Crippen LogP contribution in [0.2, 0.25) is 0 Å². The van der Waals surface area contributed by atoms with Crippen molar-refractivity contribution in [3.63, 3.8) is 0 Å². The highest BCUT2D eigenvalue weighted by atomic mass is 79.9. The normalized spacial score (nSPS) is 12.1. The van der Waals surface area contributed by atoms with Crippen molar-refractivity contribution in [1.29, 1.82) is 0 Å². The van der Waals surface area contributed by atoms with Crippen LogP contribution in [-0.4, -0.2) is 23.2 Å². The lowest BCUT2D eigenvalue weighted by Gasteiger charge is -2.14. The molecule has 0 amide bonds. The fourth-order valence-corrected chi connectivity index (χ4v) is 3.11. The number of nitrogens with two attached hydrogens (primary N) is 1. The van der Waals surface area contributed by atoms with Crippen molar-refractivity contribution >= 4 is 26.0 Å². The number of benzene rings is 1. The molecule has 6 nitrogen and oxygen atoms in total. The van der Waals surface area contributed by atoms with E-state index in [1.54, 1.807) is 0 Å². The van der Waals surface area contributed by atoms with Crippen LogP contribution in [0.1, 0.15) is 25.5 Å². The van der Waals surface area contributed by atoms with Gasteiger partial charge in [0.25, 0.3) is 15.2 Å². The summed E-state index contributed by atoms with van der Waals surface area (Å²) in [5.74, 6) is 0.472. The molecule has 8 heteroatoms. The minimum Gasteiger partial charge on any atom is -0.294 e. The highest BCUT2D eigenvalue weighted by Crippen LogP contribution is 2.32. The Balaban J connectivity index is 2.76. The van der Waals surface area contributed by atoms with Gasteiger partial charge in [-0.2, -0.15) is 0 Å². The maximum atomic E-state index is 11.6. The summed E-state index contributed by atoms with van der Waals surface area (Å²) < 4.78 is 25.6. The minimum atomic E-state index is -3.91. The second-order valence-corrected chi connectivity index (χ2v) is 7.00. The van der Waals surface area contributed by atoms with E-state index in [-0.39, 0.29) is 11.2 Å². The number of hydrogen-bond donors (Lipinski definition) is 1. The summed E-state index contributed by atoms with van der Waals surface area (Å²) in [6.45, 7) is 5.65. The molecule has 1 aromatic heterocycles. The Morgan fingerprint density at radius 3 is 2.50 bits per heavy atom. The Bertz CT molecular complexity index is 753. The number of rotatable bonds is 3. The molecule has 1 aromatic carbocycles. The first-order valence-electron chi connectivity index (χ1n) is 5.96. The van der Waals surface area contributed by atoms with Gasteiger partial charge in [0.05, 0.1) is 0 Å². The molecule has 2 rings (SSSR count). The summed E-state index contributed by atoms with van der Waals surface area (Å²) in [7, 11) is -3.91. The van der Waals surface area contributed by atoms with Gasteiger partial charge in [0.2, 0.25) is 0 Å². The summed E-state index contributed by atoms with van der Waals surface area (Å²) in [6, 6.07) is 5.54. The van der Waals surface area contributed by atoms with Crippen LogP contribution in [0.3, 0.4) is 0 Å². The molecule has 0 aliphatic heterocycles. The van der Waals surface area contributed by atoms with Gasteiger partial charge in [0, 0.05) is 16.1 Å². The van der Waals surface area contributed by atoms with Gasteiger partial charge in [-0.3, -0.25) is 4.57 Å². The first-order chi connectivity index (χ1) is 9.23. The van der Waals surface area contributed by atoms with E-state index in [0.29, 0.717) is 5.82 Å². The lowest BCUT2D eigenvalue weighted by atomic mass is 10.1. The van der Waals surface area contributed by atoms with Gasteiger partial charge in [-0.25, -0.2) is 13.6 Å². The van der Waals surface area contributed by atoms with Crippen LogP contribution in [0, 0.1) is 6.92 Å². The van der Waals surface area contributed by atoms with Crippen molar-refractivity contribution in [2.45, 2.75) is 32.0 Å². The van der Waals surface area contributed by atoms with Gasteiger partial charge in [0.1, 0.15) is 0 Å². The van der Waals surface area contributed by atoms with Crippen molar-refractivity contribution in [2.24, 2.45) is 5.14 Å². The molecule has 1 heterocycles. The Labute approximate surface area is 126 Å². The highest BCUT2D eigenvalue weighted by molar-refractivity contribution is 9.10. The van der Waals surface area contributed by atoms with Crippen molar-refractivity contribution in [3.05, 3.63) is 28.2 Å². The maximum Gasteiger partial charge on any atom is 0.273 e. The van der Waals surface area contributed by atoms with Crippen LogP contribution in [0.4, 0.5) is 0 Å². The first-order valence-corrected chi connectivity index (χ1v) is 8.30. The molecule has 0 bridgehead atoms. The molecule has 0 unspecified atom stereocenters. The molecule has 0 aliphatic rings. The number of halogens is 1. The van der Waals surface area contributed by atoms with Crippen LogP contribution in [-0.2, 0) is 10.0 Å². The Morgan fingerprint density at radius 2 is 1.95 bits per heavy atom. The molecular weight excluding hydrogens is 344 g/mol. The quantitative estimate of drug-likeness (QED) is 0.910. The van der Waals surface area contributed by atoms with Crippen molar-refractivity contribution in [3.8, 4) is 11.4 Å². The van der Waals surface area contributed by atoms with E-state index in [2.05, 4.69) is 26.1 Å². The Kier molecular flexibility index (Phi) is 3.99. The number of aromatic nitrogens is 3. The van der Waals surface area contributed by atoms with E-state index < -0.39 is 10.0 Å². The summed E-state index contributed by atoms with van der Waals surface area (Å²) >= 11 is 3.50. The zero-order valence-electron chi connectivity index (χ0n) is 11.3. The van der Waals surface area contributed by atoms with Crippen LogP contribution in [0.15, 0.2) is 27.8 Å². The molecule has 20 heavy (non-hydrogen) atoms. The number of primary sulfonamides is 1. The van der Waals surface area contributed by atoms with Gasteiger partial charge >= 0.3 is 0 Å². The van der Waals surface area contributed by atoms with E-state index in [1.165, 1.54) is 4.57 Å². The number of hydrogen-bond acceptors (Lipinski definition) is 4. The predicted octanol–water partition coefficient (Wildman–Crippen LogP) is 2.24. The summed E-state index contributed by atoms with van der Waals surface area (Å²) in [4.78, 5) is 0. The topological polar surface area (TPSA) is 90.9 Å². The molecule has 2 aromatic rings. The molecular formula is C12H15BrN4O2S. The third-order valence-corrected chi connectivity index (χ3v) is 4.71. The van der Waals surface area contributed by atoms with Crippen LogP contribution >= 0.6 is 15.9 Å². The average molecular weight is 359 g/mol. The van der Waals surface area contributed by atoms with E-state index in [9.17, 15) is 8.42 Å². The molecule has 0 aliphatic carbocycles. The van der Waals surface area contributed by atoms with E-state index in [1.807, 2.05) is 39.0 Å². The van der Waals surface area contributed by atoms with Crippen LogP contribution in [0.25, 0.3) is 11.4 Å². The average Bonchev–Trinajstić information content (AvgIpc) is 2.77. The van der Waals surface area contributed by atoms with E-state index in [4.69, 9.17) is 5.14 Å². The van der Waals surface area contributed by atoms with Gasteiger partial charge in [-0.1, -0.05) is 18.2 Å². The Morgan fingerprint density at radius 1 is 1.30 bits per heavy atom. The minimum absolute atomic E-state index is 0.138. The zero-order valence-corrected chi connectivity index (χ0v) is 13.7. The largest absolute Gasteiger partial charge is 0.294 e. The van der Waals surface area contributed by atoms with Crippen molar-refractivity contribution < 1.29 is 8.42 Å². The fraction of sp³-hybridized carbons (Fsp3) is 0.333. The molecule has 0 fully saturated rings. The van der Waals surface area contributed by atoms with Gasteiger partial charge in [-0.05, 0) is 42.3 Å².